The van der Waals surface area contributed by atoms with Crippen molar-refractivity contribution in [1.29, 1.82) is 0 Å². The van der Waals surface area contributed by atoms with E-state index >= 15 is 0 Å². The van der Waals surface area contributed by atoms with E-state index in [1.807, 2.05) is 6.07 Å². The van der Waals surface area contributed by atoms with E-state index in [2.05, 4.69) is 40.4 Å². The van der Waals surface area contributed by atoms with E-state index in [1.165, 1.54) is 24.8 Å². The summed E-state index contributed by atoms with van der Waals surface area (Å²) in [5, 5.41) is 4.25. The lowest BCUT2D eigenvalue weighted by Crippen LogP contribution is -2.21. The fourth-order valence-corrected chi connectivity index (χ4v) is 3.27. The minimum absolute atomic E-state index is 0.708. The molecule has 0 radical (unpaired) electrons. The molecule has 1 saturated carbocycles. The summed E-state index contributed by atoms with van der Waals surface area (Å²) < 4.78 is 1.06. The molecule has 1 aromatic carbocycles. The maximum absolute atomic E-state index is 6.23. The van der Waals surface area contributed by atoms with Gasteiger partial charge in [-0.2, -0.15) is 0 Å². The fraction of sp³-hybridized carbons (Fsp3) is 0.538. The Morgan fingerprint density at radius 1 is 1.44 bits per heavy atom. The Morgan fingerprint density at radius 3 is 2.88 bits per heavy atom. The molecule has 0 heterocycles. The summed E-state index contributed by atoms with van der Waals surface area (Å²) in [6, 6.07) is 6.91. The number of rotatable bonds is 3. The van der Waals surface area contributed by atoms with Crippen molar-refractivity contribution in [2.75, 3.05) is 7.05 Å². The SMILES string of the molecule is CNC1CCC(Cc2ccc(Br)cc2Cl)C1. The molecule has 1 aliphatic rings. The van der Waals surface area contributed by atoms with E-state index in [0.29, 0.717) is 6.04 Å². The van der Waals surface area contributed by atoms with E-state index in [0.717, 1.165) is 21.8 Å². The molecule has 88 valence electrons. The van der Waals surface area contributed by atoms with Gasteiger partial charge in [0.25, 0.3) is 0 Å². The Kier molecular flexibility index (Phi) is 4.28. The molecule has 1 aliphatic carbocycles. The van der Waals surface area contributed by atoms with Crippen molar-refractivity contribution in [2.45, 2.75) is 31.7 Å². The van der Waals surface area contributed by atoms with Crippen LogP contribution < -0.4 is 5.32 Å². The van der Waals surface area contributed by atoms with Crippen molar-refractivity contribution in [3.63, 3.8) is 0 Å². The van der Waals surface area contributed by atoms with E-state index in [9.17, 15) is 0 Å². The Balaban J connectivity index is 1.99. The average Bonchev–Trinajstić information content (AvgIpc) is 2.70. The topological polar surface area (TPSA) is 12.0 Å². The fourth-order valence-electron chi connectivity index (χ4n) is 2.52. The second-order valence-electron chi connectivity index (χ2n) is 4.60. The van der Waals surface area contributed by atoms with Gasteiger partial charge in [0.1, 0.15) is 0 Å². The maximum Gasteiger partial charge on any atom is 0.0449 e. The normalized spacial score (nSPS) is 24.9. The first-order chi connectivity index (χ1) is 7.69. The van der Waals surface area contributed by atoms with E-state index in [-0.39, 0.29) is 0 Å². The van der Waals surface area contributed by atoms with Crippen LogP contribution in [0.4, 0.5) is 0 Å². The largest absolute Gasteiger partial charge is 0.317 e. The van der Waals surface area contributed by atoms with Gasteiger partial charge in [0.2, 0.25) is 0 Å². The van der Waals surface area contributed by atoms with Crippen molar-refractivity contribution in [3.8, 4) is 0 Å². The lowest BCUT2D eigenvalue weighted by molar-refractivity contribution is 0.510. The number of hydrogen-bond acceptors (Lipinski definition) is 1. The van der Waals surface area contributed by atoms with Crippen LogP contribution in [-0.4, -0.2) is 13.1 Å². The minimum Gasteiger partial charge on any atom is -0.317 e. The number of halogens is 2. The van der Waals surface area contributed by atoms with Crippen molar-refractivity contribution in [2.24, 2.45) is 5.92 Å². The minimum atomic E-state index is 0.708. The van der Waals surface area contributed by atoms with Gasteiger partial charge in [-0.3, -0.25) is 0 Å². The molecule has 1 aromatic rings. The molecule has 1 nitrogen and oxygen atoms in total. The smallest absolute Gasteiger partial charge is 0.0449 e. The standard InChI is InChI=1S/C13H17BrClN/c1-16-12-5-2-9(7-12)6-10-3-4-11(14)8-13(10)15/h3-4,8-9,12,16H,2,5-7H2,1H3. The first-order valence-corrected chi connectivity index (χ1v) is 6.97. The van der Waals surface area contributed by atoms with Crippen molar-refractivity contribution in [3.05, 3.63) is 33.3 Å². The van der Waals surface area contributed by atoms with Crippen LogP contribution in [0.5, 0.6) is 0 Å². The van der Waals surface area contributed by atoms with Gasteiger partial charge in [0, 0.05) is 15.5 Å². The van der Waals surface area contributed by atoms with Gasteiger partial charge >= 0.3 is 0 Å². The third-order valence-electron chi connectivity index (χ3n) is 3.47. The van der Waals surface area contributed by atoms with Gasteiger partial charge in [0.05, 0.1) is 0 Å². The van der Waals surface area contributed by atoms with Crippen LogP contribution >= 0.6 is 27.5 Å². The molecule has 2 unspecified atom stereocenters. The molecule has 0 spiro atoms. The van der Waals surface area contributed by atoms with Crippen molar-refractivity contribution < 1.29 is 0 Å². The second kappa shape index (κ2) is 5.52. The van der Waals surface area contributed by atoms with E-state index in [1.54, 1.807) is 0 Å². The Labute approximate surface area is 111 Å². The van der Waals surface area contributed by atoms with Gasteiger partial charge in [-0.15, -0.1) is 0 Å². The molecule has 0 bridgehead atoms. The molecular formula is C13H17BrClN. The molecule has 0 amide bonds. The molecule has 3 heteroatoms. The maximum atomic E-state index is 6.23. The van der Waals surface area contributed by atoms with Crippen LogP contribution in [-0.2, 0) is 6.42 Å². The van der Waals surface area contributed by atoms with Gasteiger partial charge in [-0.1, -0.05) is 33.6 Å². The number of benzene rings is 1. The summed E-state index contributed by atoms with van der Waals surface area (Å²) in [7, 11) is 2.06. The molecule has 16 heavy (non-hydrogen) atoms. The van der Waals surface area contributed by atoms with Crippen LogP contribution in [0.25, 0.3) is 0 Å². The van der Waals surface area contributed by atoms with Crippen LogP contribution in [0.3, 0.4) is 0 Å². The predicted octanol–water partition coefficient (Wildman–Crippen LogP) is 4.03. The summed E-state index contributed by atoms with van der Waals surface area (Å²) in [6.07, 6.45) is 5.01. The summed E-state index contributed by atoms with van der Waals surface area (Å²) in [5.74, 6) is 0.788. The molecule has 2 rings (SSSR count). The van der Waals surface area contributed by atoms with Crippen LogP contribution in [0.1, 0.15) is 24.8 Å². The molecule has 0 saturated heterocycles. The molecular weight excluding hydrogens is 286 g/mol. The Hall–Kier alpha value is -0.0500. The summed E-state index contributed by atoms with van der Waals surface area (Å²) in [6.45, 7) is 0. The molecule has 2 atom stereocenters. The van der Waals surface area contributed by atoms with Gasteiger partial charge in [0.15, 0.2) is 0 Å². The Bertz CT molecular complexity index is 367. The molecule has 1 N–H and O–H groups in total. The summed E-state index contributed by atoms with van der Waals surface area (Å²) in [4.78, 5) is 0. The monoisotopic (exact) mass is 301 g/mol. The molecule has 0 aromatic heterocycles. The molecule has 0 aliphatic heterocycles. The number of hydrogen-bond donors (Lipinski definition) is 1. The van der Waals surface area contributed by atoms with Gasteiger partial charge < -0.3 is 5.32 Å². The van der Waals surface area contributed by atoms with Gasteiger partial charge in [-0.25, -0.2) is 0 Å². The van der Waals surface area contributed by atoms with Gasteiger partial charge in [-0.05, 0) is 56.3 Å². The highest BCUT2D eigenvalue weighted by Gasteiger charge is 2.23. The highest BCUT2D eigenvalue weighted by atomic mass is 79.9. The average molecular weight is 303 g/mol. The van der Waals surface area contributed by atoms with Crippen LogP contribution in [0.2, 0.25) is 5.02 Å². The van der Waals surface area contributed by atoms with E-state index in [4.69, 9.17) is 11.6 Å². The first-order valence-electron chi connectivity index (χ1n) is 5.80. The predicted molar refractivity (Wildman–Crippen MR) is 73.0 cm³/mol. The third kappa shape index (κ3) is 2.99. The van der Waals surface area contributed by atoms with Crippen LogP contribution in [0.15, 0.2) is 22.7 Å². The number of nitrogens with one attached hydrogen (secondary N) is 1. The van der Waals surface area contributed by atoms with E-state index < -0.39 is 0 Å². The van der Waals surface area contributed by atoms with Crippen molar-refractivity contribution >= 4 is 27.5 Å². The zero-order chi connectivity index (χ0) is 11.5. The quantitative estimate of drug-likeness (QED) is 0.889. The highest BCUT2D eigenvalue weighted by molar-refractivity contribution is 9.10. The highest BCUT2D eigenvalue weighted by Crippen LogP contribution is 2.31. The summed E-state index contributed by atoms with van der Waals surface area (Å²) >= 11 is 9.67. The zero-order valence-corrected chi connectivity index (χ0v) is 11.8. The molecule has 1 fully saturated rings. The third-order valence-corrected chi connectivity index (χ3v) is 4.32. The summed E-state index contributed by atoms with van der Waals surface area (Å²) in [5.41, 5.74) is 1.28. The zero-order valence-electron chi connectivity index (χ0n) is 9.47. The second-order valence-corrected chi connectivity index (χ2v) is 5.93. The lowest BCUT2D eigenvalue weighted by atomic mass is 9.98. The lowest BCUT2D eigenvalue weighted by Gasteiger charge is -2.12. The Morgan fingerprint density at radius 2 is 2.25 bits per heavy atom. The van der Waals surface area contributed by atoms with Crippen LogP contribution in [0, 0.1) is 5.92 Å². The van der Waals surface area contributed by atoms with Crippen molar-refractivity contribution in [1.82, 2.24) is 5.32 Å². The first kappa shape index (κ1) is 12.4.